The van der Waals surface area contributed by atoms with Crippen LogP contribution in [0.2, 0.25) is 0 Å². The maximum Gasteiger partial charge on any atom is 0.191 e. The molecule has 0 saturated heterocycles. The number of hydrogen-bond donors (Lipinski definition) is 2. The van der Waals surface area contributed by atoms with Gasteiger partial charge in [-0.25, -0.2) is 0 Å². The summed E-state index contributed by atoms with van der Waals surface area (Å²) in [5, 5.41) is 8.74. The molecule has 1 atom stereocenters. The van der Waals surface area contributed by atoms with Gasteiger partial charge in [0.15, 0.2) is 5.96 Å². The zero-order valence-electron chi connectivity index (χ0n) is 11.8. The molecule has 0 fully saturated rings. The van der Waals surface area contributed by atoms with Crippen molar-refractivity contribution in [3.63, 3.8) is 0 Å². The van der Waals surface area contributed by atoms with E-state index in [0.717, 1.165) is 31.3 Å². The third-order valence-corrected chi connectivity index (χ3v) is 4.21. The number of thioether (sulfide) groups is 1. The van der Waals surface area contributed by atoms with Crippen molar-refractivity contribution in [2.24, 2.45) is 4.99 Å². The lowest BCUT2D eigenvalue weighted by Crippen LogP contribution is -2.38. The third-order valence-electron chi connectivity index (χ3n) is 2.50. The molecule has 0 spiro atoms. The minimum atomic E-state index is 0. The summed E-state index contributed by atoms with van der Waals surface area (Å²) in [6, 6.07) is 4.28. The molecule has 0 aromatic carbocycles. The third kappa shape index (κ3) is 8.04. The van der Waals surface area contributed by atoms with Crippen LogP contribution in [0.4, 0.5) is 0 Å². The average Bonchev–Trinajstić information content (AvgIpc) is 2.89. The first-order valence-electron chi connectivity index (χ1n) is 6.32. The Kier molecular flexibility index (Phi) is 11.9. The smallest absolute Gasteiger partial charge is 0.191 e. The summed E-state index contributed by atoms with van der Waals surface area (Å²) in [6.07, 6.45) is 2.12. The van der Waals surface area contributed by atoms with Gasteiger partial charge in [0.25, 0.3) is 0 Å². The van der Waals surface area contributed by atoms with Crippen LogP contribution in [0.5, 0.6) is 0 Å². The number of hydrogen-bond acceptors (Lipinski definition) is 3. The Labute approximate surface area is 142 Å². The van der Waals surface area contributed by atoms with Gasteiger partial charge in [-0.2, -0.15) is 11.8 Å². The molecule has 0 saturated carbocycles. The maximum absolute atomic E-state index is 4.63. The van der Waals surface area contributed by atoms with Crippen LogP contribution in [-0.2, 0) is 0 Å². The lowest BCUT2D eigenvalue weighted by Gasteiger charge is -2.12. The Morgan fingerprint density at radius 2 is 2.26 bits per heavy atom. The first-order valence-corrected chi connectivity index (χ1v) is 8.59. The number of nitrogens with one attached hydrogen (secondary N) is 2. The Balaban J connectivity index is 0.00000324. The van der Waals surface area contributed by atoms with E-state index in [4.69, 9.17) is 0 Å². The van der Waals surface area contributed by atoms with Crippen LogP contribution in [0.3, 0.4) is 0 Å². The van der Waals surface area contributed by atoms with Gasteiger partial charge in [0.05, 0.1) is 6.54 Å². The van der Waals surface area contributed by atoms with Crippen molar-refractivity contribution in [3.05, 3.63) is 22.4 Å². The number of nitrogens with zero attached hydrogens (tertiary/aromatic N) is 1. The number of guanidine groups is 1. The highest BCUT2D eigenvalue weighted by Crippen LogP contribution is 2.20. The van der Waals surface area contributed by atoms with Gasteiger partial charge in [-0.3, -0.25) is 4.99 Å². The zero-order valence-corrected chi connectivity index (χ0v) is 15.8. The van der Waals surface area contributed by atoms with Crippen molar-refractivity contribution < 1.29 is 0 Å². The van der Waals surface area contributed by atoms with Crippen LogP contribution in [0.15, 0.2) is 22.5 Å². The molecule has 6 heteroatoms. The molecule has 110 valence electrons. The quantitative estimate of drug-likeness (QED) is 0.312. The second kappa shape index (κ2) is 11.8. The molecule has 3 nitrogen and oxygen atoms in total. The Hall–Kier alpha value is 0.0500. The van der Waals surface area contributed by atoms with E-state index in [-0.39, 0.29) is 24.0 Å². The van der Waals surface area contributed by atoms with Crippen LogP contribution in [-0.4, -0.2) is 37.6 Å². The van der Waals surface area contributed by atoms with Crippen LogP contribution >= 0.6 is 47.1 Å². The largest absolute Gasteiger partial charge is 0.357 e. The van der Waals surface area contributed by atoms with Gasteiger partial charge in [0.2, 0.25) is 0 Å². The Morgan fingerprint density at radius 3 is 2.84 bits per heavy atom. The minimum Gasteiger partial charge on any atom is -0.357 e. The molecule has 1 heterocycles. The summed E-state index contributed by atoms with van der Waals surface area (Å²) in [5.74, 6) is 2.52. The van der Waals surface area contributed by atoms with Gasteiger partial charge in [-0.15, -0.1) is 35.3 Å². The fourth-order valence-electron chi connectivity index (χ4n) is 1.50. The highest BCUT2D eigenvalue weighted by atomic mass is 127. The summed E-state index contributed by atoms with van der Waals surface area (Å²) >= 11 is 3.64. The van der Waals surface area contributed by atoms with Gasteiger partial charge < -0.3 is 10.6 Å². The molecule has 0 radical (unpaired) electrons. The Morgan fingerprint density at radius 1 is 1.47 bits per heavy atom. The Bertz CT molecular complexity index is 342. The van der Waals surface area contributed by atoms with Crippen molar-refractivity contribution in [1.29, 1.82) is 0 Å². The van der Waals surface area contributed by atoms with Crippen LogP contribution in [0.25, 0.3) is 0 Å². The summed E-state index contributed by atoms with van der Waals surface area (Å²) in [4.78, 5) is 6.03. The number of rotatable bonds is 7. The molecular formula is C13H24IN3S2. The molecule has 2 N–H and O–H groups in total. The monoisotopic (exact) mass is 413 g/mol. The van der Waals surface area contributed by atoms with E-state index in [1.807, 2.05) is 11.8 Å². The van der Waals surface area contributed by atoms with Gasteiger partial charge in [-0.05, 0) is 24.6 Å². The molecule has 0 bridgehead atoms. The average molecular weight is 413 g/mol. The zero-order chi connectivity index (χ0) is 13.2. The minimum absolute atomic E-state index is 0. The van der Waals surface area contributed by atoms with Gasteiger partial charge in [0.1, 0.15) is 0 Å². The van der Waals surface area contributed by atoms with Crippen molar-refractivity contribution in [2.75, 3.05) is 31.6 Å². The molecule has 1 rings (SSSR count). The van der Waals surface area contributed by atoms with E-state index >= 15 is 0 Å². The maximum atomic E-state index is 4.63. The molecule has 1 unspecified atom stereocenters. The van der Waals surface area contributed by atoms with Crippen LogP contribution < -0.4 is 10.6 Å². The van der Waals surface area contributed by atoms with Gasteiger partial charge in [0, 0.05) is 29.6 Å². The second-order valence-corrected chi connectivity index (χ2v) is 6.02. The van der Waals surface area contributed by atoms with Crippen LogP contribution in [0.1, 0.15) is 24.6 Å². The van der Waals surface area contributed by atoms with E-state index in [0.29, 0.717) is 5.92 Å². The van der Waals surface area contributed by atoms with E-state index in [2.05, 4.69) is 53.2 Å². The van der Waals surface area contributed by atoms with E-state index < -0.39 is 0 Å². The molecule has 1 aromatic heterocycles. The highest BCUT2D eigenvalue weighted by molar-refractivity contribution is 14.0. The lowest BCUT2D eigenvalue weighted by molar-refractivity contribution is 0.765. The summed E-state index contributed by atoms with van der Waals surface area (Å²) in [5.41, 5.74) is 0. The molecule has 0 amide bonds. The number of thiophene rings is 1. The summed E-state index contributed by atoms with van der Waals surface area (Å²) in [7, 11) is 0. The van der Waals surface area contributed by atoms with E-state index in [1.54, 1.807) is 11.3 Å². The first kappa shape index (κ1) is 19.1. The highest BCUT2D eigenvalue weighted by Gasteiger charge is 2.06. The predicted octanol–water partition coefficient (Wildman–Crippen LogP) is 3.39. The molecule has 0 aliphatic heterocycles. The van der Waals surface area contributed by atoms with Crippen molar-refractivity contribution in [1.82, 2.24) is 10.6 Å². The fourth-order valence-corrected chi connectivity index (χ4v) is 2.59. The van der Waals surface area contributed by atoms with E-state index in [1.165, 1.54) is 4.88 Å². The first-order chi connectivity index (χ1) is 8.77. The van der Waals surface area contributed by atoms with E-state index in [9.17, 15) is 0 Å². The second-order valence-electron chi connectivity index (χ2n) is 4.06. The summed E-state index contributed by atoms with van der Waals surface area (Å²) < 4.78 is 0. The normalized spacial score (nSPS) is 12.7. The molecule has 1 aromatic rings. The SMILES string of the molecule is CCNC(=NCC(C)c1cccs1)NCCSC.I. The molecule has 0 aliphatic carbocycles. The predicted molar refractivity (Wildman–Crippen MR) is 101 cm³/mol. The fraction of sp³-hybridized carbons (Fsp3) is 0.615. The van der Waals surface area contributed by atoms with Crippen molar-refractivity contribution >= 4 is 53.0 Å². The van der Waals surface area contributed by atoms with Crippen LogP contribution in [0, 0.1) is 0 Å². The van der Waals surface area contributed by atoms with Gasteiger partial charge >= 0.3 is 0 Å². The topological polar surface area (TPSA) is 36.4 Å². The molecule has 0 aliphatic rings. The molecular weight excluding hydrogens is 389 g/mol. The van der Waals surface area contributed by atoms with Gasteiger partial charge in [-0.1, -0.05) is 13.0 Å². The summed E-state index contributed by atoms with van der Waals surface area (Å²) in [6.45, 7) is 7.00. The standard InChI is InChI=1S/C13H23N3S2.HI/c1-4-14-13(15-7-9-17-3)16-10-11(2)12-6-5-8-18-12;/h5-6,8,11H,4,7,9-10H2,1-3H3,(H2,14,15,16);1H. The number of aliphatic imine (C=N–C) groups is 1. The molecule has 19 heavy (non-hydrogen) atoms. The van der Waals surface area contributed by atoms with Crippen molar-refractivity contribution in [3.8, 4) is 0 Å². The number of halogens is 1. The lowest BCUT2D eigenvalue weighted by atomic mass is 10.1. The van der Waals surface area contributed by atoms with Crippen molar-refractivity contribution in [2.45, 2.75) is 19.8 Å².